The summed E-state index contributed by atoms with van der Waals surface area (Å²) in [7, 11) is 0. The fourth-order valence-electron chi connectivity index (χ4n) is 1.98. The molecule has 1 atom stereocenters. The monoisotopic (exact) mass is 318 g/mol. The molecule has 21 heavy (non-hydrogen) atoms. The van der Waals surface area contributed by atoms with Gasteiger partial charge in [0, 0.05) is 10.8 Å². The molecule has 7 heteroatoms. The van der Waals surface area contributed by atoms with Crippen molar-refractivity contribution in [1.29, 1.82) is 0 Å². The van der Waals surface area contributed by atoms with Crippen LogP contribution in [-0.4, -0.2) is 30.9 Å². The quantitative estimate of drug-likeness (QED) is 0.820. The molecule has 1 saturated heterocycles. The average Bonchev–Trinajstić information content (AvgIpc) is 2.34. The van der Waals surface area contributed by atoms with Crippen LogP contribution in [-0.2, 0) is 4.79 Å². The van der Waals surface area contributed by atoms with Gasteiger partial charge in [-0.25, -0.2) is 0 Å². The predicted octanol–water partition coefficient (Wildman–Crippen LogP) is 3.14. The number of halogens is 3. The molecule has 116 valence electrons. The molecule has 0 aromatic heterocycles. The fraction of sp³-hybridized carbons (Fsp3) is 0.500. The summed E-state index contributed by atoms with van der Waals surface area (Å²) in [6, 6.07) is 6.57. The molecule has 1 fully saturated rings. The van der Waals surface area contributed by atoms with Gasteiger partial charge in [-0.2, -0.15) is 13.2 Å². The Hall–Kier alpha value is -1.21. The van der Waals surface area contributed by atoms with E-state index in [0.29, 0.717) is 28.3 Å². The number of alkyl halides is 3. The number of thioether (sulfide) groups is 1. The van der Waals surface area contributed by atoms with Gasteiger partial charge in [0.05, 0.1) is 11.4 Å². The second-order valence-electron chi connectivity index (χ2n) is 5.10. The fourth-order valence-corrected chi connectivity index (χ4v) is 2.75. The minimum absolute atomic E-state index is 0.151. The molecule has 1 amide bonds. The standard InChI is InChI=1S/C14H17F3N2OS/c1-9(10-6-18-7-10)13(20)19-11-4-2-3-5-12(11)21-8-14(15,16)17/h2-5,9-10,18H,6-8H2,1H3,(H,19,20). The van der Waals surface area contributed by atoms with Crippen LogP contribution in [0.5, 0.6) is 0 Å². The van der Waals surface area contributed by atoms with E-state index >= 15 is 0 Å². The molecular weight excluding hydrogens is 301 g/mol. The smallest absolute Gasteiger partial charge is 0.325 e. The summed E-state index contributed by atoms with van der Waals surface area (Å²) in [5.74, 6) is -0.990. The van der Waals surface area contributed by atoms with Crippen LogP contribution in [0, 0.1) is 11.8 Å². The first-order valence-electron chi connectivity index (χ1n) is 6.67. The molecule has 0 saturated carbocycles. The highest BCUT2D eigenvalue weighted by atomic mass is 32.2. The molecule has 0 aliphatic carbocycles. The number of carbonyl (C=O) groups excluding carboxylic acids is 1. The molecule has 2 N–H and O–H groups in total. The van der Waals surface area contributed by atoms with Crippen LogP contribution < -0.4 is 10.6 Å². The number of carbonyl (C=O) groups is 1. The van der Waals surface area contributed by atoms with E-state index in [1.807, 2.05) is 6.92 Å². The Kier molecular flexibility index (Phi) is 5.16. The second-order valence-corrected chi connectivity index (χ2v) is 6.11. The van der Waals surface area contributed by atoms with Gasteiger partial charge < -0.3 is 10.6 Å². The van der Waals surface area contributed by atoms with Crippen LogP contribution in [0.15, 0.2) is 29.2 Å². The van der Waals surface area contributed by atoms with Gasteiger partial charge >= 0.3 is 6.18 Å². The summed E-state index contributed by atoms with van der Waals surface area (Å²) in [6.45, 7) is 3.45. The molecule has 3 nitrogen and oxygen atoms in total. The predicted molar refractivity (Wildman–Crippen MR) is 77.4 cm³/mol. The van der Waals surface area contributed by atoms with Crippen molar-refractivity contribution in [1.82, 2.24) is 5.32 Å². The number of hydrogen-bond donors (Lipinski definition) is 2. The van der Waals surface area contributed by atoms with E-state index in [2.05, 4.69) is 10.6 Å². The number of amides is 1. The molecule has 1 aliphatic heterocycles. The maximum Gasteiger partial charge on any atom is 0.398 e. The number of nitrogens with one attached hydrogen (secondary N) is 2. The summed E-state index contributed by atoms with van der Waals surface area (Å²) in [5, 5.41) is 5.84. The third kappa shape index (κ3) is 4.64. The molecule has 0 bridgehead atoms. The Morgan fingerprint density at radius 1 is 1.43 bits per heavy atom. The Morgan fingerprint density at radius 3 is 2.67 bits per heavy atom. The minimum atomic E-state index is -4.23. The summed E-state index contributed by atoms with van der Waals surface area (Å²) in [6.07, 6.45) is -4.23. The van der Waals surface area contributed by atoms with Crippen molar-refractivity contribution in [2.24, 2.45) is 11.8 Å². The van der Waals surface area contributed by atoms with Gasteiger partial charge in [-0.1, -0.05) is 19.1 Å². The zero-order valence-electron chi connectivity index (χ0n) is 11.5. The molecule has 1 unspecified atom stereocenters. The van der Waals surface area contributed by atoms with Gasteiger partial charge in [-0.15, -0.1) is 11.8 Å². The van der Waals surface area contributed by atoms with Crippen molar-refractivity contribution in [3.8, 4) is 0 Å². The zero-order chi connectivity index (χ0) is 15.5. The van der Waals surface area contributed by atoms with Gasteiger partial charge in [0.1, 0.15) is 0 Å². The lowest BCUT2D eigenvalue weighted by molar-refractivity contribution is -0.121. The Morgan fingerprint density at radius 2 is 2.10 bits per heavy atom. The first-order valence-corrected chi connectivity index (χ1v) is 7.65. The van der Waals surface area contributed by atoms with Crippen molar-refractivity contribution in [2.45, 2.75) is 18.0 Å². The SMILES string of the molecule is CC(C(=O)Nc1ccccc1SCC(F)(F)F)C1CNC1. The minimum Gasteiger partial charge on any atom is -0.325 e. The van der Waals surface area contributed by atoms with Crippen molar-refractivity contribution >= 4 is 23.4 Å². The van der Waals surface area contributed by atoms with Crippen molar-refractivity contribution in [3.63, 3.8) is 0 Å². The number of anilines is 1. The van der Waals surface area contributed by atoms with Gasteiger partial charge in [-0.3, -0.25) is 4.79 Å². The van der Waals surface area contributed by atoms with Gasteiger partial charge in [0.15, 0.2) is 0 Å². The lowest BCUT2D eigenvalue weighted by Crippen LogP contribution is -2.48. The first-order chi connectivity index (χ1) is 9.87. The van der Waals surface area contributed by atoms with E-state index in [1.54, 1.807) is 24.3 Å². The largest absolute Gasteiger partial charge is 0.398 e. The maximum atomic E-state index is 12.3. The van der Waals surface area contributed by atoms with Crippen molar-refractivity contribution in [3.05, 3.63) is 24.3 Å². The molecule has 1 heterocycles. The summed E-state index contributed by atoms with van der Waals surface area (Å²) >= 11 is 0.684. The Balaban J connectivity index is 2.00. The molecule has 0 radical (unpaired) electrons. The molecule has 1 aromatic carbocycles. The lowest BCUT2D eigenvalue weighted by Gasteiger charge is -2.31. The Bertz CT molecular complexity index is 503. The molecule has 0 spiro atoms. The number of hydrogen-bond acceptors (Lipinski definition) is 3. The van der Waals surface area contributed by atoms with Crippen LogP contribution in [0.2, 0.25) is 0 Å². The van der Waals surface area contributed by atoms with E-state index in [4.69, 9.17) is 0 Å². The highest BCUT2D eigenvalue weighted by molar-refractivity contribution is 7.99. The van der Waals surface area contributed by atoms with Crippen LogP contribution in [0.4, 0.5) is 18.9 Å². The number of rotatable bonds is 5. The normalized spacial score (nSPS) is 17.1. The molecule has 2 rings (SSSR count). The number of para-hydroxylation sites is 1. The van der Waals surface area contributed by atoms with Crippen LogP contribution in [0.1, 0.15) is 6.92 Å². The topological polar surface area (TPSA) is 41.1 Å². The molecule has 1 aliphatic rings. The summed E-state index contributed by atoms with van der Waals surface area (Å²) < 4.78 is 36.9. The van der Waals surface area contributed by atoms with Gasteiger partial charge in [-0.05, 0) is 31.1 Å². The zero-order valence-corrected chi connectivity index (χ0v) is 12.4. The van der Waals surface area contributed by atoms with Crippen molar-refractivity contribution < 1.29 is 18.0 Å². The van der Waals surface area contributed by atoms with Crippen LogP contribution in [0.3, 0.4) is 0 Å². The van der Waals surface area contributed by atoms with E-state index in [-0.39, 0.29) is 11.8 Å². The maximum absolute atomic E-state index is 12.3. The van der Waals surface area contributed by atoms with E-state index < -0.39 is 11.9 Å². The van der Waals surface area contributed by atoms with Crippen molar-refractivity contribution in [2.75, 3.05) is 24.2 Å². The Labute approximate surface area is 125 Å². The van der Waals surface area contributed by atoms with Gasteiger partial charge in [0.2, 0.25) is 5.91 Å². The van der Waals surface area contributed by atoms with E-state index in [9.17, 15) is 18.0 Å². The first kappa shape index (κ1) is 16.2. The lowest BCUT2D eigenvalue weighted by atomic mass is 9.88. The average molecular weight is 318 g/mol. The van der Waals surface area contributed by atoms with E-state index in [0.717, 1.165) is 13.1 Å². The third-order valence-electron chi connectivity index (χ3n) is 3.47. The number of benzene rings is 1. The van der Waals surface area contributed by atoms with Crippen LogP contribution >= 0.6 is 11.8 Å². The summed E-state index contributed by atoms with van der Waals surface area (Å²) in [5.41, 5.74) is 0.441. The summed E-state index contributed by atoms with van der Waals surface area (Å²) in [4.78, 5) is 12.6. The van der Waals surface area contributed by atoms with Crippen LogP contribution in [0.25, 0.3) is 0 Å². The highest BCUT2D eigenvalue weighted by Gasteiger charge is 2.30. The highest BCUT2D eigenvalue weighted by Crippen LogP contribution is 2.32. The third-order valence-corrected chi connectivity index (χ3v) is 4.61. The second kappa shape index (κ2) is 6.70. The molecule has 1 aromatic rings. The van der Waals surface area contributed by atoms with Gasteiger partial charge in [0.25, 0.3) is 0 Å². The van der Waals surface area contributed by atoms with E-state index in [1.165, 1.54) is 0 Å². The molecular formula is C14H17F3N2OS.